The summed E-state index contributed by atoms with van der Waals surface area (Å²) in [5.74, 6) is 0.0449. The van der Waals surface area contributed by atoms with Crippen molar-refractivity contribution in [3.63, 3.8) is 0 Å². The van der Waals surface area contributed by atoms with Crippen molar-refractivity contribution in [1.29, 1.82) is 5.26 Å². The van der Waals surface area contributed by atoms with E-state index in [1.54, 1.807) is 34.8 Å². The van der Waals surface area contributed by atoms with Crippen LogP contribution >= 0.6 is 22.7 Å². The zero-order valence-corrected chi connectivity index (χ0v) is 54.9. The Kier molecular flexibility index (Phi) is 25.8. The second-order valence-electron chi connectivity index (χ2n) is 23.0. The van der Waals surface area contributed by atoms with Crippen LogP contribution in [0.25, 0.3) is 26.6 Å². The molecule has 1 fully saturated rings. The van der Waals surface area contributed by atoms with Crippen LogP contribution in [0.15, 0.2) is 77.2 Å². The predicted molar refractivity (Wildman–Crippen MR) is 343 cm³/mol. The molecule has 5 heterocycles. The molecule has 0 radical (unpaired) electrons. The van der Waals surface area contributed by atoms with Gasteiger partial charge in [-0.2, -0.15) is 5.26 Å². The van der Waals surface area contributed by atoms with Crippen LogP contribution in [0.4, 0.5) is 0 Å². The van der Waals surface area contributed by atoms with Gasteiger partial charge in [-0.1, -0.05) is 75.4 Å². The number of carbonyl (C=O) groups excluding carboxylic acids is 4. The van der Waals surface area contributed by atoms with Gasteiger partial charge in [0.2, 0.25) is 17.7 Å². The number of amides is 3. The maximum absolute atomic E-state index is 14.0. The Hall–Kier alpha value is -7.35. The van der Waals surface area contributed by atoms with Crippen LogP contribution in [0.5, 0.6) is 5.75 Å². The van der Waals surface area contributed by atoms with Crippen molar-refractivity contribution >= 4 is 52.1 Å². The van der Waals surface area contributed by atoms with E-state index in [4.69, 9.17) is 47.6 Å². The van der Waals surface area contributed by atoms with Gasteiger partial charge >= 0.3 is 5.97 Å². The molecule has 3 amide bonds. The summed E-state index contributed by atoms with van der Waals surface area (Å²) in [5.41, 5.74) is 9.86. The largest absolute Gasteiger partial charge is 0.490 e. The van der Waals surface area contributed by atoms with Gasteiger partial charge in [-0.15, -0.1) is 32.9 Å². The number of benzene rings is 3. The summed E-state index contributed by atoms with van der Waals surface area (Å²) in [6, 6.07) is 20.8. The van der Waals surface area contributed by atoms with E-state index < -0.39 is 41.5 Å². The molecule has 0 saturated carbocycles. The lowest BCUT2D eigenvalue weighted by Gasteiger charge is -2.35. The van der Waals surface area contributed by atoms with Crippen molar-refractivity contribution in [1.82, 2.24) is 35.3 Å². The first-order chi connectivity index (χ1) is 43.9. The second kappa shape index (κ2) is 33.8. The smallest absolute Gasteiger partial charge is 0.308 e. The van der Waals surface area contributed by atoms with Crippen molar-refractivity contribution in [2.45, 2.75) is 98.5 Å². The number of rotatable bonds is 34. The number of thiazole rings is 1. The van der Waals surface area contributed by atoms with E-state index in [0.717, 1.165) is 65.1 Å². The highest BCUT2D eigenvalue weighted by molar-refractivity contribution is 7.15. The van der Waals surface area contributed by atoms with E-state index in [-0.39, 0.29) is 63.7 Å². The number of esters is 1. The minimum atomic E-state index is -0.983. The van der Waals surface area contributed by atoms with E-state index in [0.29, 0.717) is 95.6 Å². The Morgan fingerprint density at radius 2 is 1.32 bits per heavy atom. The SMILES string of the molecule is COC(=O)C[C@@H]1N=C(c2ccc(-c3ccc(OCCOCCOCCOCCOCCOCCOCCOCC(=O)N[C@H](C(=O)N4C[C@H](O)C[C@H]4C(=O)N[C@@H](C)c4ccc(-c5scnc5C)cc4)C(C)(C)C)c(C#N)c3)cc2)c2c(sc(C)c2C)-n2c(C)nnc21. The molecule has 25 heteroatoms. The van der Waals surface area contributed by atoms with E-state index in [9.17, 15) is 29.5 Å². The minimum Gasteiger partial charge on any atom is -0.490 e. The normalized spacial score (nSPS) is 16.1. The molecule has 2 aliphatic rings. The third-order valence-corrected chi connectivity index (χ3v) is 17.6. The molecule has 5 atom stereocenters. The van der Waals surface area contributed by atoms with Gasteiger partial charge in [0.15, 0.2) is 5.82 Å². The predicted octanol–water partition coefficient (Wildman–Crippen LogP) is 7.54. The topological polar surface area (TPSA) is 279 Å². The summed E-state index contributed by atoms with van der Waals surface area (Å²) in [4.78, 5) is 66.3. The highest BCUT2D eigenvalue weighted by Gasteiger charge is 2.45. The molecular weight excluding hydrogens is 1210 g/mol. The average Bonchev–Trinajstić information content (AvgIpc) is 1.62. The first-order valence-corrected chi connectivity index (χ1v) is 32.1. The number of ether oxygens (including phenoxy) is 9. The third-order valence-electron chi connectivity index (χ3n) is 15.4. The number of aliphatic hydroxyl groups excluding tert-OH is 1. The first kappa shape index (κ1) is 69.5. The van der Waals surface area contributed by atoms with Crippen molar-refractivity contribution in [2.75, 3.05) is 113 Å². The van der Waals surface area contributed by atoms with Gasteiger partial charge in [0, 0.05) is 29.0 Å². The number of fused-ring (bicyclic) bond motifs is 3. The number of aliphatic hydroxyl groups is 1. The summed E-state index contributed by atoms with van der Waals surface area (Å²) in [5, 5.41) is 36.2. The number of aryl methyl sites for hydroxylation is 3. The number of nitriles is 1. The van der Waals surface area contributed by atoms with Crippen molar-refractivity contribution in [2.24, 2.45) is 10.4 Å². The molecule has 1 saturated heterocycles. The highest BCUT2D eigenvalue weighted by Crippen LogP contribution is 2.40. The van der Waals surface area contributed by atoms with Gasteiger partial charge in [0.25, 0.3) is 0 Å². The fraction of sp³-hybridized carbons (Fsp3) is 0.500. The van der Waals surface area contributed by atoms with Crippen molar-refractivity contribution in [3.8, 4) is 38.4 Å². The van der Waals surface area contributed by atoms with Crippen LogP contribution in [-0.2, 0) is 57.1 Å². The molecule has 23 nitrogen and oxygen atoms in total. The maximum Gasteiger partial charge on any atom is 0.308 e. The highest BCUT2D eigenvalue weighted by atomic mass is 32.1. The first-order valence-electron chi connectivity index (χ1n) is 30.4. The summed E-state index contributed by atoms with van der Waals surface area (Å²) < 4.78 is 52.1. The average molecular weight is 1290 g/mol. The number of aromatic nitrogens is 4. The van der Waals surface area contributed by atoms with Gasteiger partial charge in [0.1, 0.15) is 54.0 Å². The lowest BCUT2D eigenvalue weighted by Crippen LogP contribution is -2.58. The zero-order valence-electron chi connectivity index (χ0n) is 53.2. The number of hydrogen-bond donors (Lipinski definition) is 3. The van der Waals surface area contributed by atoms with Crippen LogP contribution in [0.3, 0.4) is 0 Å². The Bertz CT molecular complexity index is 3460. The van der Waals surface area contributed by atoms with Crippen molar-refractivity contribution < 1.29 is 66.9 Å². The zero-order chi connectivity index (χ0) is 65.0. The molecule has 3 aromatic heterocycles. The number of thiophene rings is 1. The monoisotopic (exact) mass is 1290 g/mol. The number of carbonyl (C=O) groups is 4. The molecule has 3 aromatic carbocycles. The molecular formula is C66H83N9O14S2. The molecule has 3 N–H and O–H groups in total. The Balaban J connectivity index is 0.620. The molecule has 0 spiro atoms. The number of likely N-dealkylation sites (tertiary alicyclic amines) is 1. The van der Waals surface area contributed by atoms with E-state index in [2.05, 4.69) is 45.7 Å². The molecule has 8 rings (SSSR count). The van der Waals surface area contributed by atoms with Gasteiger partial charge in [-0.3, -0.25) is 28.7 Å². The molecule has 6 aromatic rings. The van der Waals surface area contributed by atoms with Gasteiger partial charge in [-0.05, 0) is 80.0 Å². The second-order valence-corrected chi connectivity index (χ2v) is 25.1. The summed E-state index contributed by atoms with van der Waals surface area (Å²) in [6.45, 7) is 19.7. The Labute approximate surface area is 539 Å². The Morgan fingerprint density at radius 1 is 0.747 bits per heavy atom. The maximum atomic E-state index is 14.0. The summed E-state index contributed by atoms with van der Waals surface area (Å²) in [6.07, 6.45) is -0.789. The number of nitrogens with zero attached hydrogens (tertiary/aromatic N) is 7. The lowest BCUT2D eigenvalue weighted by molar-refractivity contribution is -0.144. The van der Waals surface area contributed by atoms with Crippen LogP contribution < -0.4 is 15.4 Å². The molecule has 91 heavy (non-hydrogen) atoms. The van der Waals surface area contributed by atoms with E-state index in [1.165, 1.54) is 12.0 Å². The fourth-order valence-electron chi connectivity index (χ4n) is 10.4. The number of aliphatic imine (C=N–C) groups is 1. The van der Waals surface area contributed by atoms with Crippen molar-refractivity contribution in [3.05, 3.63) is 122 Å². The molecule has 0 bridgehead atoms. The molecule has 2 aliphatic heterocycles. The number of nitrogens with one attached hydrogen (secondary N) is 2. The minimum absolute atomic E-state index is 0.0193. The van der Waals surface area contributed by atoms with Crippen LogP contribution in [0.2, 0.25) is 0 Å². The third kappa shape index (κ3) is 18.9. The summed E-state index contributed by atoms with van der Waals surface area (Å²) in [7, 11) is 1.36. The van der Waals surface area contributed by atoms with Crippen LogP contribution in [0, 0.1) is 44.4 Å². The Morgan fingerprint density at radius 3 is 1.89 bits per heavy atom. The lowest BCUT2D eigenvalue weighted by atomic mass is 9.85. The van der Waals surface area contributed by atoms with Gasteiger partial charge in [0.05, 0.1) is 139 Å². The molecule has 0 aliphatic carbocycles. The number of β-amino-alcohol motifs (C(OH)–C–C–N with tert-alkyl or cyclic N) is 1. The van der Waals surface area contributed by atoms with Gasteiger partial charge in [-0.25, -0.2) is 4.98 Å². The number of hydrogen-bond acceptors (Lipinski definition) is 21. The standard InChI is InChI=1S/C66H83N9O14S2/c1-41-44(4)91-65-58(41)59(70-53(36-57(78)81-9)62-73-72-45(5)75(62)65)48-14-12-47(13-15-48)50-18-19-55(51(34-50)37-67)89-33-32-87-29-28-85-25-24-83-21-20-82-22-23-84-26-27-86-30-31-88-39-56(77)71-61(66(6,7)8)64(80)74-38-52(76)35-54(74)63(79)69-42(2)46-10-16-49(17-11-46)60-43(3)68-40-90-60/h10-19,34,40,42,52-54,61,76H,20-33,35-36,38-39H2,1-9H3,(H,69,79)(H,71,77)/t42-,52+,53-,54-,61+/m0/s1. The quantitative estimate of drug-likeness (QED) is 0.0260. The number of methoxy groups -OCH3 is 1. The molecule has 488 valence electrons. The van der Waals surface area contributed by atoms with Gasteiger partial charge < -0.3 is 63.3 Å². The van der Waals surface area contributed by atoms with Crippen LogP contribution in [-0.4, -0.2) is 190 Å². The summed E-state index contributed by atoms with van der Waals surface area (Å²) >= 11 is 3.21. The molecule has 0 unspecified atom stereocenters. The van der Waals surface area contributed by atoms with E-state index >= 15 is 0 Å². The van der Waals surface area contributed by atoms with E-state index in [1.807, 2.05) is 106 Å². The van der Waals surface area contributed by atoms with Crippen LogP contribution in [0.1, 0.15) is 103 Å². The fourth-order valence-corrected chi connectivity index (χ4v) is 12.4.